The minimum Gasteiger partial charge on any atom is -0.497 e. The van der Waals surface area contributed by atoms with Gasteiger partial charge in [0.15, 0.2) is 11.8 Å². The van der Waals surface area contributed by atoms with Crippen LogP contribution in [-0.4, -0.2) is 52.9 Å². The first-order valence-corrected chi connectivity index (χ1v) is 9.79. The van der Waals surface area contributed by atoms with Gasteiger partial charge < -0.3 is 19.5 Å². The monoisotopic (exact) mass is 368 g/mol. The number of rotatable bonds is 4. The van der Waals surface area contributed by atoms with E-state index in [9.17, 15) is 0 Å². The molecule has 1 N–H and O–H groups in total. The van der Waals surface area contributed by atoms with Crippen LogP contribution in [0, 0.1) is 0 Å². The number of likely N-dealkylation sites (tertiary alicyclic amines) is 1. The maximum Gasteiger partial charge on any atom is 0.194 e. The summed E-state index contributed by atoms with van der Waals surface area (Å²) in [5.74, 6) is 4.50. The van der Waals surface area contributed by atoms with Crippen molar-refractivity contribution in [2.75, 3.05) is 27.2 Å². The van der Waals surface area contributed by atoms with Gasteiger partial charge in [-0.1, -0.05) is 12.1 Å². The van der Waals surface area contributed by atoms with E-state index >= 15 is 0 Å². The third kappa shape index (κ3) is 3.77. The van der Waals surface area contributed by atoms with Crippen LogP contribution in [0.25, 0.3) is 0 Å². The van der Waals surface area contributed by atoms with Crippen LogP contribution in [0.1, 0.15) is 42.4 Å². The fraction of sp³-hybridized carbons (Fsp3) is 0.550. The van der Waals surface area contributed by atoms with Gasteiger partial charge in [0, 0.05) is 39.0 Å². The number of methoxy groups -OCH3 is 1. The van der Waals surface area contributed by atoms with E-state index in [1.54, 1.807) is 7.11 Å². The fourth-order valence-corrected chi connectivity index (χ4v) is 4.09. The number of aliphatic imine (C=N–C) groups is 1. The lowest BCUT2D eigenvalue weighted by Crippen LogP contribution is -2.40. The molecule has 0 aliphatic carbocycles. The zero-order valence-corrected chi connectivity index (χ0v) is 16.2. The van der Waals surface area contributed by atoms with Crippen LogP contribution in [-0.2, 0) is 19.5 Å². The van der Waals surface area contributed by atoms with Crippen molar-refractivity contribution < 1.29 is 4.74 Å². The summed E-state index contributed by atoms with van der Waals surface area (Å²) in [6.45, 7) is 3.68. The first kappa shape index (κ1) is 17.8. The Morgan fingerprint density at radius 3 is 2.85 bits per heavy atom. The number of aromatic nitrogens is 3. The smallest absolute Gasteiger partial charge is 0.194 e. The number of benzene rings is 1. The molecular formula is C20H28N6O. The highest BCUT2D eigenvalue weighted by atomic mass is 16.5. The maximum absolute atomic E-state index is 5.26. The summed E-state index contributed by atoms with van der Waals surface area (Å²) in [5.41, 5.74) is 1.36. The largest absolute Gasteiger partial charge is 0.497 e. The van der Waals surface area contributed by atoms with E-state index in [-0.39, 0.29) is 0 Å². The molecule has 1 saturated heterocycles. The summed E-state index contributed by atoms with van der Waals surface area (Å²) >= 11 is 0. The molecule has 2 aliphatic heterocycles. The van der Waals surface area contributed by atoms with E-state index in [1.165, 1.54) is 18.4 Å². The van der Waals surface area contributed by atoms with E-state index in [4.69, 9.17) is 4.74 Å². The first-order chi connectivity index (χ1) is 13.3. The van der Waals surface area contributed by atoms with Gasteiger partial charge in [-0.25, -0.2) is 0 Å². The average molecular weight is 368 g/mol. The minimum absolute atomic E-state index is 0.523. The molecule has 7 heteroatoms. The van der Waals surface area contributed by atoms with Crippen molar-refractivity contribution in [2.45, 2.75) is 44.7 Å². The zero-order valence-electron chi connectivity index (χ0n) is 16.2. The molecule has 1 unspecified atom stereocenters. The lowest BCUT2D eigenvalue weighted by atomic mass is 9.98. The van der Waals surface area contributed by atoms with Gasteiger partial charge in [0.1, 0.15) is 11.6 Å². The topological polar surface area (TPSA) is 67.6 Å². The standard InChI is InChI=1S/C20H28N6O/c1-21-20(22-13-19-24-23-18-5-3-4-11-26(18)19)25-12-10-16(14-25)15-6-8-17(27-2)9-7-15/h6-9,16H,3-5,10-14H2,1-2H3,(H,21,22). The van der Waals surface area contributed by atoms with E-state index in [0.717, 1.165) is 55.8 Å². The Morgan fingerprint density at radius 1 is 1.22 bits per heavy atom. The molecule has 2 aliphatic rings. The van der Waals surface area contributed by atoms with Crippen molar-refractivity contribution in [2.24, 2.45) is 4.99 Å². The summed E-state index contributed by atoms with van der Waals surface area (Å²) in [6.07, 6.45) is 4.60. The van der Waals surface area contributed by atoms with Crippen LogP contribution in [0.5, 0.6) is 5.75 Å². The third-order valence-corrected chi connectivity index (χ3v) is 5.63. The van der Waals surface area contributed by atoms with Crippen molar-refractivity contribution in [3.8, 4) is 5.75 Å². The van der Waals surface area contributed by atoms with Crippen molar-refractivity contribution in [3.63, 3.8) is 0 Å². The van der Waals surface area contributed by atoms with Crippen molar-refractivity contribution >= 4 is 5.96 Å². The third-order valence-electron chi connectivity index (χ3n) is 5.63. The minimum atomic E-state index is 0.523. The zero-order chi connectivity index (χ0) is 18.6. The molecule has 1 aromatic carbocycles. The number of ether oxygens (including phenoxy) is 1. The first-order valence-electron chi connectivity index (χ1n) is 9.79. The summed E-state index contributed by atoms with van der Waals surface area (Å²) in [6, 6.07) is 8.43. The Kier molecular flexibility index (Phi) is 5.27. The molecule has 1 aromatic heterocycles. The second kappa shape index (κ2) is 7.98. The highest BCUT2D eigenvalue weighted by Gasteiger charge is 2.26. The quantitative estimate of drug-likeness (QED) is 0.662. The Bertz CT molecular complexity index is 797. The van der Waals surface area contributed by atoms with E-state index in [1.807, 2.05) is 19.2 Å². The van der Waals surface area contributed by atoms with Gasteiger partial charge in [-0.2, -0.15) is 0 Å². The molecule has 7 nitrogen and oxygen atoms in total. The average Bonchev–Trinajstić information content (AvgIpc) is 3.36. The molecule has 0 radical (unpaired) electrons. The van der Waals surface area contributed by atoms with E-state index in [2.05, 4.69) is 42.1 Å². The molecule has 0 amide bonds. The van der Waals surface area contributed by atoms with Gasteiger partial charge in [0.2, 0.25) is 0 Å². The van der Waals surface area contributed by atoms with Crippen LogP contribution < -0.4 is 10.1 Å². The molecule has 1 atom stereocenters. The maximum atomic E-state index is 5.26. The Balaban J connectivity index is 1.36. The second-order valence-corrected chi connectivity index (χ2v) is 7.25. The number of hydrogen-bond acceptors (Lipinski definition) is 4. The summed E-state index contributed by atoms with van der Waals surface area (Å²) in [5, 5.41) is 12.2. The highest BCUT2D eigenvalue weighted by Crippen LogP contribution is 2.28. The van der Waals surface area contributed by atoms with Gasteiger partial charge in [0.25, 0.3) is 0 Å². The SMILES string of the molecule is CN=C(NCc1nnc2n1CCCC2)N1CCC(c2ccc(OC)cc2)C1. The lowest BCUT2D eigenvalue weighted by molar-refractivity contribution is 0.414. The van der Waals surface area contributed by atoms with Gasteiger partial charge in [0.05, 0.1) is 13.7 Å². The number of hydrogen-bond donors (Lipinski definition) is 1. The number of nitrogens with zero attached hydrogens (tertiary/aromatic N) is 5. The molecule has 0 saturated carbocycles. The van der Waals surface area contributed by atoms with Crippen molar-refractivity contribution in [1.29, 1.82) is 0 Å². The highest BCUT2D eigenvalue weighted by molar-refractivity contribution is 5.80. The summed E-state index contributed by atoms with van der Waals surface area (Å²) in [7, 11) is 3.55. The number of nitrogens with one attached hydrogen (secondary N) is 1. The number of guanidine groups is 1. The van der Waals surface area contributed by atoms with Crippen LogP contribution >= 0.6 is 0 Å². The van der Waals surface area contributed by atoms with Gasteiger partial charge in [-0.3, -0.25) is 4.99 Å². The van der Waals surface area contributed by atoms with Crippen molar-refractivity contribution in [1.82, 2.24) is 25.0 Å². The lowest BCUT2D eigenvalue weighted by Gasteiger charge is -2.22. The molecule has 2 aromatic rings. The molecule has 0 bridgehead atoms. The molecule has 0 spiro atoms. The Hall–Kier alpha value is -2.57. The van der Waals surface area contributed by atoms with Crippen molar-refractivity contribution in [3.05, 3.63) is 41.5 Å². The molecule has 1 fully saturated rings. The molecule has 4 rings (SSSR count). The van der Waals surface area contributed by atoms with Crippen LogP contribution in [0.3, 0.4) is 0 Å². The van der Waals surface area contributed by atoms with Gasteiger partial charge in [-0.05, 0) is 37.0 Å². The van der Waals surface area contributed by atoms with E-state index in [0.29, 0.717) is 12.5 Å². The summed E-state index contributed by atoms with van der Waals surface area (Å²) < 4.78 is 7.52. The van der Waals surface area contributed by atoms with Gasteiger partial charge >= 0.3 is 0 Å². The Morgan fingerprint density at radius 2 is 2.07 bits per heavy atom. The molecule has 27 heavy (non-hydrogen) atoms. The molecule has 144 valence electrons. The summed E-state index contributed by atoms with van der Waals surface area (Å²) in [4.78, 5) is 6.83. The predicted molar refractivity (Wildman–Crippen MR) is 105 cm³/mol. The number of fused-ring (bicyclic) bond motifs is 1. The van der Waals surface area contributed by atoms with Crippen LogP contribution in [0.2, 0.25) is 0 Å². The predicted octanol–water partition coefficient (Wildman–Crippen LogP) is 2.19. The van der Waals surface area contributed by atoms with Crippen LogP contribution in [0.15, 0.2) is 29.3 Å². The van der Waals surface area contributed by atoms with Crippen LogP contribution in [0.4, 0.5) is 0 Å². The normalized spacial score (nSPS) is 19.9. The molecule has 3 heterocycles. The number of aryl methyl sites for hydroxylation is 1. The Labute approximate surface area is 160 Å². The molecular weight excluding hydrogens is 340 g/mol. The second-order valence-electron chi connectivity index (χ2n) is 7.25. The van der Waals surface area contributed by atoms with E-state index < -0.39 is 0 Å². The fourth-order valence-electron chi connectivity index (χ4n) is 4.09. The van der Waals surface area contributed by atoms with Gasteiger partial charge in [-0.15, -0.1) is 10.2 Å².